The first-order valence-electron chi connectivity index (χ1n) is 12.5. The van der Waals surface area contributed by atoms with Gasteiger partial charge in [0.2, 0.25) is 0 Å². The molecule has 0 aromatic carbocycles. The quantitative estimate of drug-likeness (QED) is 0.420. The number of hydrogen-bond acceptors (Lipinski definition) is 4. The van der Waals surface area contributed by atoms with Gasteiger partial charge in [0.15, 0.2) is 5.43 Å². The van der Waals surface area contributed by atoms with Crippen molar-refractivity contribution in [3.63, 3.8) is 0 Å². The molecule has 3 aromatic rings. The molecule has 2 unspecified atom stereocenters. The van der Waals surface area contributed by atoms with Gasteiger partial charge in [0, 0.05) is 50.8 Å². The van der Waals surface area contributed by atoms with Gasteiger partial charge in [-0.05, 0) is 62.0 Å². The third-order valence-electron chi connectivity index (χ3n) is 8.41. The summed E-state index contributed by atoms with van der Waals surface area (Å²) in [6.45, 7) is 8.32. The zero-order valence-corrected chi connectivity index (χ0v) is 21.0. The van der Waals surface area contributed by atoms with E-state index in [0.717, 1.165) is 48.5 Å². The largest absolute Gasteiger partial charge is 0.390 e. The van der Waals surface area contributed by atoms with Crippen molar-refractivity contribution in [3.8, 4) is 0 Å². The van der Waals surface area contributed by atoms with E-state index in [0.29, 0.717) is 35.9 Å². The molecule has 4 fully saturated rings. The van der Waals surface area contributed by atoms with Gasteiger partial charge in [-0.25, -0.2) is 4.98 Å². The van der Waals surface area contributed by atoms with Crippen molar-refractivity contribution >= 4 is 30.0 Å². The van der Waals surface area contributed by atoms with E-state index >= 15 is 0 Å². The van der Waals surface area contributed by atoms with Gasteiger partial charge in [0.1, 0.15) is 12.4 Å². The highest BCUT2D eigenvalue weighted by molar-refractivity contribution is 6.76. The van der Waals surface area contributed by atoms with Crippen molar-refractivity contribution < 1.29 is 9.84 Å². The Balaban J connectivity index is 1.39. The molecule has 3 heterocycles. The predicted octanol–water partition coefficient (Wildman–Crippen LogP) is 4.78. The Bertz CT molecular complexity index is 1260. The molecule has 4 aliphatic rings. The molecule has 7 heteroatoms. The molecule has 2 atom stereocenters. The normalized spacial score (nSPS) is 31.2. The van der Waals surface area contributed by atoms with Crippen molar-refractivity contribution in [1.29, 1.82) is 0 Å². The number of pyridine rings is 2. The molecule has 0 saturated heterocycles. The Hall–Kier alpha value is -1.96. The van der Waals surface area contributed by atoms with Gasteiger partial charge in [0.05, 0.1) is 16.5 Å². The maximum atomic E-state index is 12.8. The molecule has 3 aromatic heterocycles. The Kier molecular flexibility index (Phi) is 4.91. The lowest BCUT2D eigenvalue weighted by molar-refractivity contribution is -0.146. The van der Waals surface area contributed by atoms with Gasteiger partial charge in [-0.3, -0.25) is 4.79 Å². The van der Waals surface area contributed by atoms with Crippen molar-refractivity contribution in [2.45, 2.75) is 76.2 Å². The third-order valence-corrected chi connectivity index (χ3v) is 10.1. The Morgan fingerprint density at radius 3 is 2.58 bits per heavy atom. The smallest absolute Gasteiger partial charge is 0.190 e. The standard InChI is InChI=1S/C26H35N3O3Si/c1-33(2,3)9-8-32-16-28-6-4-20-24-21(15-27-25(20)28)22(30)5-7-29(24)23-18-10-17-11-19(23)14-26(31,12-17)13-18/h4-7,15,17-19,23,31H,8-14,16H2,1-3H3. The lowest BCUT2D eigenvalue weighted by Gasteiger charge is -2.58. The van der Waals surface area contributed by atoms with E-state index in [-0.39, 0.29) is 5.43 Å². The van der Waals surface area contributed by atoms with E-state index in [1.54, 1.807) is 12.3 Å². The molecule has 7 rings (SSSR count). The van der Waals surface area contributed by atoms with Gasteiger partial charge in [-0.15, -0.1) is 0 Å². The number of aliphatic hydroxyl groups is 1. The zero-order chi connectivity index (χ0) is 23.0. The van der Waals surface area contributed by atoms with E-state index in [1.165, 1.54) is 12.8 Å². The Labute approximate surface area is 195 Å². The Morgan fingerprint density at radius 1 is 1.12 bits per heavy atom. The molecule has 33 heavy (non-hydrogen) atoms. The average molecular weight is 466 g/mol. The van der Waals surface area contributed by atoms with E-state index in [4.69, 9.17) is 4.74 Å². The van der Waals surface area contributed by atoms with Gasteiger partial charge >= 0.3 is 0 Å². The summed E-state index contributed by atoms with van der Waals surface area (Å²) >= 11 is 0. The fourth-order valence-electron chi connectivity index (χ4n) is 7.20. The van der Waals surface area contributed by atoms with Crippen LogP contribution in [0.5, 0.6) is 0 Å². The van der Waals surface area contributed by atoms with Crippen LogP contribution in [0.1, 0.15) is 38.1 Å². The molecular weight excluding hydrogens is 430 g/mol. The molecule has 0 spiro atoms. The Morgan fingerprint density at radius 2 is 1.88 bits per heavy atom. The molecule has 0 radical (unpaired) electrons. The fourth-order valence-corrected chi connectivity index (χ4v) is 7.96. The van der Waals surface area contributed by atoms with Gasteiger partial charge < -0.3 is 19.0 Å². The van der Waals surface area contributed by atoms with Crippen LogP contribution in [0.4, 0.5) is 0 Å². The molecule has 6 nitrogen and oxygen atoms in total. The molecule has 4 saturated carbocycles. The van der Waals surface area contributed by atoms with Gasteiger partial charge in [-0.2, -0.15) is 0 Å². The topological polar surface area (TPSA) is 69.3 Å². The average Bonchev–Trinajstić information content (AvgIpc) is 3.14. The monoisotopic (exact) mass is 465 g/mol. The summed E-state index contributed by atoms with van der Waals surface area (Å²) in [4.78, 5) is 17.5. The highest BCUT2D eigenvalue weighted by atomic mass is 28.3. The minimum absolute atomic E-state index is 0.0252. The highest BCUT2D eigenvalue weighted by Gasteiger charge is 2.55. The molecular formula is C26H35N3O3Si. The maximum absolute atomic E-state index is 12.8. The highest BCUT2D eigenvalue weighted by Crippen LogP contribution is 2.60. The second-order valence-electron chi connectivity index (χ2n) is 12.2. The molecule has 176 valence electrons. The van der Waals surface area contributed by atoms with Crippen LogP contribution in [0.15, 0.2) is 35.5 Å². The first kappa shape index (κ1) is 21.6. The first-order chi connectivity index (χ1) is 15.7. The van der Waals surface area contributed by atoms with Crippen LogP contribution in [0, 0.1) is 17.8 Å². The third kappa shape index (κ3) is 3.69. The lowest BCUT2D eigenvalue weighted by atomic mass is 9.52. The van der Waals surface area contributed by atoms with Crippen LogP contribution in [0.2, 0.25) is 25.7 Å². The van der Waals surface area contributed by atoms with Crippen LogP contribution in [0.3, 0.4) is 0 Å². The van der Waals surface area contributed by atoms with E-state index in [9.17, 15) is 9.90 Å². The number of hydrogen-bond donors (Lipinski definition) is 1. The van der Waals surface area contributed by atoms with Crippen molar-refractivity contribution in [2.75, 3.05) is 6.61 Å². The van der Waals surface area contributed by atoms with E-state index < -0.39 is 13.7 Å². The number of aromatic nitrogens is 3. The molecule has 4 bridgehead atoms. The number of nitrogens with zero attached hydrogens (tertiary/aromatic N) is 3. The summed E-state index contributed by atoms with van der Waals surface area (Å²) in [7, 11) is -1.13. The first-order valence-corrected chi connectivity index (χ1v) is 16.2. The van der Waals surface area contributed by atoms with Crippen LogP contribution < -0.4 is 5.43 Å². The minimum Gasteiger partial charge on any atom is -0.390 e. The maximum Gasteiger partial charge on any atom is 0.190 e. The van der Waals surface area contributed by atoms with Crippen LogP contribution in [-0.4, -0.2) is 39.5 Å². The molecule has 0 amide bonds. The van der Waals surface area contributed by atoms with Crippen LogP contribution in [-0.2, 0) is 11.5 Å². The number of rotatable bonds is 6. The molecule has 1 N–H and O–H groups in total. The van der Waals surface area contributed by atoms with Crippen molar-refractivity contribution in [2.24, 2.45) is 17.8 Å². The predicted molar refractivity (Wildman–Crippen MR) is 133 cm³/mol. The van der Waals surface area contributed by atoms with Crippen molar-refractivity contribution in [1.82, 2.24) is 14.1 Å². The minimum atomic E-state index is -1.13. The molecule has 0 aliphatic heterocycles. The number of ether oxygens (including phenoxy) is 1. The summed E-state index contributed by atoms with van der Waals surface area (Å²) in [5, 5.41) is 12.8. The summed E-state index contributed by atoms with van der Waals surface area (Å²) in [6, 6.07) is 5.27. The van der Waals surface area contributed by atoms with Gasteiger partial charge in [-0.1, -0.05) is 19.6 Å². The second kappa shape index (κ2) is 7.52. The van der Waals surface area contributed by atoms with Crippen LogP contribution in [0.25, 0.3) is 21.9 Å². The van der Waals surface area contributed by atoms with Gasteiger partial charge in [0.25, 0.3) is 0 Å². The second-order valence-corrected chi connectivity index (χ2v) is 17.8. The summed E-state index contributed by atoms with van der Waals surface area (Å²) in [5.74, 6) is 1.61. The van der Waals surface area contributed by atoms with E-state index in [1.807, 2.05) is 12.4 Å². The van der Waals surface area contributed by atoms with E-state index in [2.05, 4.69) is 39.8 Å². The summed E-state index contributed by atoms with van der Waals surface area (Å²) in [6.07, 6.45) is 10.9. The summed E-state index contributed by atoms with van der Waals surface area (Å²) in [5.41, 5.74) is 1.43. The molecule has 4 aliphatic carbocycles. The lowest BCUT2D eigenvalue weighted by Crippen LogP contribution is -2.55. The zero-order valence-electron chi connectivity index (χ0n) is 20.0. The fraction of sp³-hybridized carbons (Fsp3) is 0.615. The van der Waals surface area contributed by atoms with Crippen molar-refractivity contribution in [3.05, 3.63) is 40.9 Å². The number of fused-ring (bicyclic) bond motifs is 3. The van der Waals surface area contributed by atoms with Crippen LogP contribution >= 0.6 is 0 Å². The summed E-state index contributed by atoms with van der Waals surface area (Å²) < 4.78 is 10.4. The SMILES string of the molecule is C[Si](C)(C)CCOCn1ccc2c1ncc1c(=O)ccn(C3C4CC5CC3CC(O)(C5)C4)c12.